The molecule has 0 saturated heterocycles. The fourth-order valence-electron chi connectivity index (χ4n) is 1.60. The Morgan fingerprint density at radius 1 is 1.44 bits per heavy atom. The molecule has 2 aromatic rings. The Kier molecular flexibility index (Phi) is 4.43. The Morgan fingerprint density at radius 3 is 3.00 bits per heavy atom. The van der Waals surface area contributed by atoms with Gasteiger partial charge in [0.05, 0.1) is 22.1 Å². The highest BCUT2D eigenvalue weighted by atomic mass is 79.9. The molecule has 18 heavy (non-hydrogen) atoms. The summed E-state index contributed by atoms with van der Waals surface area (Å²) < 4.78 is 15.6. The van der Waals surface area contributed by atoms with Gasteiger partial charge in [-0.15, -0.1) is 5.10 Å². The number of benzene rings is 1. The molecule has 0 aliphatic heterocycles. The topological polar surface area (TPSA) is 42.7 Å². The number of hydrogen-bond acceptors (Lipinski definition) is 3. The van der Waals surface area contributed by atoms with Gasteiger partial charge in [0.25, 0.3) is 0 Å². The molecule has 0 radical (unpaired) electrons. The molecule has 0 atom stereocenters. The molecule has 1 aromatic heterocycles. The molecule has 96 valence electrons. The summed E-state index contributed by atoms with van der Waals surface area (Å²) in [6.07, 6.45) is 2.75. The third-order valence-corrected chi connectivity index (χ3v) is 3.14. The Morgan fingerprint density at radius 2 is 2.28 bits per heavy atom. The lowest BCUT2D eigenvalue weighted by Gasteiger charge is -2.07. The quantitative estimate of drug-likeness (QED) is 0.863. The van der Waals surface area contributed by atoms with Crippen LogP contribution < -0.4 is 5.32 Å². The molecule has 1 aromatic carbocycles. The molecule has 0 spiro atoms. The summed E-state index contributed by atoms with van der Waals surface area (Å²) in [7, 11) is 0. The molecule has 0 amide bonds. The smallest absolute Gasteiger partial charge is 0.139 e. The van der Waals surface area contributed by atoms with Crippen molar-refractivity contribution in [3.8, 4) is 5.69 Å². The number of halogens is 2. The standard InChI is InChI=1S/C12H14BrFN4/c1-2-5-15-7-10-8-16-17-18(10)9-3-4-11(13)12(14)6-9/h3-4,6,8,15H,2,5,7H2,1H3. The van der Waals surface area contributed by atoms with E-state index >= 15 is 0 Å². The monoisotopic (exact) mass is 312 g/mol. The Labute approximate surface area is 113 Å². The van der Waals surface area contributed by atoms with Crippen molar-refractivity contribution in [3.63, 3.8) is 0 Å². The predicted octanol–water partition coefficient (Wildman–Crippen LogP) is 2.67. The molecule has 0 bridgehead atoms. The molecular weight excluding hydrogens is 299 g/mol. The van der Waals surface area contributed by atoms with E-state index in [2.05, 4.69) is 38.5 Å². The summed E-state index contributed by atoms with van der Waals surface area (Å²) in [5.74, 6) is -0.310. The summed E-state index contributed by atoms with van der Waals surface area (Å²) in [4.78, 5) is 0. The predicted molar refractivity (Wildman–Crippen MR) is 71.0 cm³/mol. The van der Waals surface area contributed by atoms with Crippen LogP contribution in [0.15, 0.2) is 28.9 Å². The van der Waals surface area contributed by atoms with Gasteiger partial charge in [-0.2, -0.15) is 0 Å². The summed E-state index contributed by atoms with van der Waals surface area (Å²) in [5.41, 5.74) is 1.58. The first-order chi connectivity index (χ1) is 8.72. The average molecular weight is 313 g/mol. The van der Waals surface area contributed by atoms with Crippen LogP contribution in [0.2, 0.25) is 0 Å². The van der Waals surface area contributed by atoms with Gasteiger partial charge >= 0.3 is 0 Å². The summed E-state index contributed by atoms with van der Waals surface area (Å²) in [6.45, 7) is 3.70. The lowest BCUT2D eigenvalue weighted by atomic mass is 10.3. The maximum Gasteiger partial charge on any atom is 0.139 e. The fraction of sp³-hybridized carbons (Fsp3) is 0.333. The first kappa shape index (κ1) is 13.2. The highest BCUT2D eigenvalue weighted by Crippen LogP contribution is 2.19. The second-order valence-corrected chi connectivity index (χ2v) is 4.77. The Hall–Kier alpha value is -1.27. The lowest BCUT2D eigenvalue weighted by molar-refractivity contribution is 0.613. The van der Waals surface area contributed by atoms with Gasteiger partial charge in [0.2, 0.25) is 0 Å². The molecular formula is C12H14BrFN4. The number of nitrogens with one attached hydrogen (secondary N) is 1. The van der Waals surface area contributed by atoms with Crippen molar-refractivity contribution in [1.29, 1.82) is 0 Å². The van der Waals surface area contributed by atoms with Gasteiger partial charge < -0.3 is 5.32 Å². The van der Waals surface area contributed by atoms with Gasteiger partial charge in [0, 0.05) is 12.6 Å². The Bertz CT molecular complexity index is 527. The first-order valence-electron chi connectivity index (χ1n) is 5.78. The number of hydrogen-bond donors (Lipinski definition) is 1. The molecule has 0 saturated carbocycles. The van der Waals surface area contributed by atoms with Crippen LogP contribution in [0.5, 0.6) is 0 Å². The molecule has 6 heteroatoms. The van der Waals surface area contributed by atoms with Crippen LogP contribution in [0.1, 0.15) is 19.0 Å². The van der Waals surface area contributed by atoms with Crippen LogP contribution in [0, 0.1) is 5.82 Å². The van der Waals surface area contributed by atoms with E-state index in [1.165, 1.54) is 6.07 Å². The van der Waals surface area contributed by atoms with E-state index in [1.54, 1.807) is 23.0 Å². The van der Waals surface area contributed by atoms with Gasteiger partial charge in [-0.25, -0.2) is 9.07 Å². The van der Waals surface area contributed by atoms with Crippen molar-refractivity contribution in [2.45, 2.75) is 19.9 Å². The normalized spacial score (nSPS) is 10.8. The number of rotatable bonds is 5. The van der Waals surface area contributed by atoms with Crippen molar-refractivity contribution < 1.29 is 4.39 Å². The van der Waals surface area contributed by atoms with Crippen molar-refractivity contribution >= 4 is 15.9 Å². The molecule has 0 aliphatic carbocycles. The minimum absolute atomic E-state index is 0.310. The highest BCUT2D eigenvalue weighted by molar-refractivity contribution is 9.10. The van der Waals surface area contributed by atoms with E-state index in [4.69, 9.17) is 0 Å². The van der Waals surface area contributed by atoms with Crippen LogP contribution in [-0.4, -0.2) is 21.5 Å². The zero-order valence-corrected chi connectivity index (χ0v) is 11.6. The molecule has 0 unspecified atom stereocenters. The zero-order valence-electron chi connectivity index (χ0n) is 10.0. The third kappa shape index (κ3) is 2.94. The van der Waals surface area contributed by atoms with Gasteiger partial charge in [-0.1, -0.05) is 12.1 Å². The molecule has 2 rings (SSSR count). The van der Waals surface area contributed by atoms with Gasteiger partial charge in [0.1, 0.15) is 5.82 Å². The summed E-state index contributed by atoms with van der Waals surface area (Å²) in [5, 5.41) is 11.1. The van der Waals surface area contributed by atoms with Crippen LogP contribution in [0.3, 0.4) is 0 Å². The van der Waals surface area contributed by atoms with Gasteiger partial charge in [0.15, 0.2) is 0 Å². The molecule has 0 fully saturated rings. The second kappa shape index (κ2) is 6.06. The molecule has 4 nitrogen and oxygen atoms in total. The van der Waals surface area contributed by atoms with Crippen LogP contribution in [-0.2, 0) is 6.54 Å². The zero-order chi connectivity index (χ0) is 13.0. The van der Waals surface area contributed by atoms with Crippen molar-refractivity contribution in [2.24, 2.45) is 0 Å². The van der Waals surface area contributed by atoms with E-state index in [0.29, 0.717) is 16.7 Å². The Balaban J connectivity index is 2.22. The first-order valence-corrected chi connectivity index (χ1v) is 6.57. The minimum Gasteiger partial charge on any atom is -0.311 e. The van der Waals surface area contributed by atoms with Gasteiger partial charge in [-0.3, -0.25) is 0 Å². The largest absolute Gasteiger partial charge is 0.311 e. The maximum atomic E-state index is 13.5. The van der Waals surface area contributed by atoms with E-state index in [9.17, 15) is 4.39 Å². The number of nitrogens with zero attached hydrogens (tertiary/aromatic N) is 3. The third-order valence-electron chi connectivity index (χ3n) is 2.50. The molecule has 1 N–H and O–H groups in total. The van der Waals surface area contributed by atoms with Crippen LogP contribution in [0.25, 0.3) is 5.69 Å². The van der Waals surface area contributed by atoms with Crippen LogP contribution in [0.4, 0.5) is 4.39 Å². The SMILES string of the molecule is CCCNCc1cnnn1-c1ccc(Br)c(F)c1. The molecule has 0 aliphatic rings. The van der Waals surface area contributed by atoms with Gasteiger partial charge in [-0.05, 0) is 41.0 Å². The van der Waals surface area contributed by atoms with E-state index in [0.717, 1.165) is 18.7 Å². The molecule has 1 heterocycles. The van der Waals surface area contributed by atoms with E-state index in [-0.39, 0.29) is 5.82 Å². The van der Waals surface area contributed by atoms with Crippen LogP contribution >= 0.6 is 15.9 Å². The average Bonchev–Trinajstić information content (AvgIpc) is 2.81. The minimum atomic E-state index is -0.310. The second-order valence-electron chi connectivity index (χ2n) is 3.91. The van der Waals surface area contributed by atoms with E-state index in [1.807, 2.05) is 0 Å². The highest BCUT2D eigenvalue weighted by Gasteiger charge is 2.08. The summed E-state index contributed by atoms with van der Waals surface area (Å²) in [6, 6.07) is 4.89. The van der Waals surface area contributed by atoms with E-state index < -0.39 is 0 Å². The van der Waals surface area contributed by atoms with Crippen molar-refractivity contribution in [3.05, 3.63) is 40.4 Å². The van der Waals surface area contributed by atoms with Crippen molar-refractivity contribution in [2.75, 3.05) is 6.54 Å². The fourth-order valence-corrected chi connectivity index (χ4v) is 1.85. The maximum absolute atomic E-state index is 13.5. The summed E-state index contributed by atoms with van der Waals surface area (Å²) >= 11 is 3.13. The van der Waals surface area contributed by atoms with Crippen molar-refractivity contribution in [1.82, 2.24) is 20.3 Å². The lowest BCUT2D eigenvalue weighted by Crippen LogP contribution is -2.16. The number of aromatic nitrogens is 3.